The Morgan fingerprint density at radius 2 is 2.08 bits per heavy atom. The van der Waals surface area contributed by atoms with Crippen LogP contribution in [0.1, 0.15) is 19.3 Å². The largest absolute Gasteiger partial charge is 0.491 e. The van der Waals surface area contributed by atoms with E-state index in [-0.39, 0.29) is 5.56 Å². The van der Waals surface area contributed by atoms with Crippen molar-refractivity contribution in [3.63, 3.8) is 0 Å². The van der Waals surface area contributed by atoms with Crippen molar-refractivity contribution in [1.82, 2.24) is 9.13 Å². The van der Waals surface area contributed by atoms with Gasteiger partial charge >= 0.3 is 0 Å². The van der Waals surface area contributed by atoms with Crippen LogP contribution < -0.4 is 10.3 Å². The van der Waals surface area contributed by atoms with Gasteiger partial charge < -0.3 is 13.9 Å². The fraction of sp³-hybridized carbons (Fsp3) is 0.350. The molecule has 2 aromatic heterocycles. The minimum absolute atomic E-state index is 0.123. The number of hydrogen-bond donors (Lipinski definition) is 1. The van der Waals surface area contributed by atoms with Gasteiger partial charge in [-0.05, 0) is 36.6 Å². The van der Waals surface area contributed by atoms with Crippen molar-refractivity contribution in [2.45, 2.75) is 30.7 Å². The minimum Gasteiger partial charge on any atom is -0.491 e. The second-order valence-electron chi connectivity index (χ2n) is 6.84. The maximum atomic E-state index is 12.1. The Morgan fingerprint density at radius 1 is 1.28 bits per heavy atom. The molecule has 25 heavy (non-hydrogen) atoms. The molecule has 4 nitrogen and oxygen atoms in total. The highest BCUT2D eigenvalue weighted by atomic mass is 32.1. The summed E-state index contributed by atoms with van der Waals surface area (Å²) < 4.78 is 9.21. The molecule has 1 fully saturated rings. The van der Waals surface area contributed by atoms with E-state index in [1.807, 2.05) is 24.4 Å². The summed E-state index contributed by atoms with van der Waals surface area (Å²) in [6.07, 6.45) is 5.77. The van der Waals surface area contributed by atoms with E-state index in [0.29, 0.717) is 5.75 Å². The monoisotopic (exact) mass is 354 g/mol. The molecule has 4 rings (SSSR count). The Kier molecular flexibility index (Phi) is 4.12. The lowest BCUT2D eigenvalue weighted by Crippen LogP contribution is -2.18. The quantitative estimate of drug-likeness (QED) is 0.700. The van der Waals surface area contributed by atoms with Gasteiger partial charge in [-0.3, -0.25) is 4.79 Å². The predicted molar refractivity (Wildman–Crippen MR) is 104 cm³/mol. The summed E-state index contributed by atoms with van der Waals surface area (Å²) in [4.78, 5) is 13.1. The molecule has 0 N–H and O–H groups in total. The zero-order valence-corrected chi connectivity index (χ0v) is 15.4. The Balaban J connectivity index is 1.90. The lowest BCUT2D eigenvalue weighted by molar-refractivity contribution is 0.405. The van der Waals surface area contributed by atoms with Crippen LogP contribution in [0.4, 0.5) is 0 Å². The third kappa shape index (κ3) is 2.97. The predicted octanol–water partition coefficient (Wildman–Crippen LogP) is 4.10. The van der Waals surface area contributed by atoms with Gasteiger partial charge in [0.15, 0.2) is 5.75 Å². The van der Waals surface area contributed by atoms with E-state index in [4.69, 9.17) is 4.74 Å². The zero-order chi connectivity index (χ0) is 17.6. The number of nitrogens with zero attached hydrogens (tertiary/aromatic N) is 2. The number of thiol groups is 1. The second kappa shape index (κ2) is 6.30. The first kappa shape index (κ1) is 16.3. The first-order valence-electron chi connectivity index (χ1n) is 8.64. The molecule has 0 saturated heterocycles. The van der Waals surface area contributed by atoms with Crippen LogP contribution in [0.15, 0.2) is 46.2 Å². The zero-order valence-electron chi connectivity index (χ0n) is 14.5. The van der Waals surface area contributed by atoms with Crippen LogP contribution in [-0.4, -0.2) is 16.2 Å². The van der Waals surface area contributed by atoms with Crippen LogP contribution in [0.25, 0.3) is 22.2 Å². The number of aryl methyl sites for hydroxylation is 2. The average Bonchev–Trinajstić information content (AvgIpc) is 3.35. The van der Waals surface area contributed by atoms with Crippen LogP contribution in [0.2, 0.25) is 0 Å². The number of aromatic nitrogens is 2. The maximum Gasteiger partial charge on any atom is 0.292 e. The van der Waals surface area contributed by atoms with Crippen LogP contribution in [0.5, 0.6) is 5.75 Å². The molecule has 130 valence electrons. The first-order valence-corrected chi connectivity index (χ1v) is 9.09. The van der Waals surface area contributed by atoms with Crippen molar-refractivity contribution in [3.8, 4) is 17.0 Å². The SMILES string of the molecule is COc1cc(-c2cc3c(S)cccc3n2CCC2CC2)cn(C)c1=O. The smallest absolute Gasteiger partial charge is 0.292 e. The summed E-state index contributed by atoms with van der Waals surface area (Å²) in [7, 11) is 3.30. The summed E-state index contributed by atoms with van der Waals surface area (Å²) in [5, 5.41) is 1.14. The van der Waals surface area contributed by atoms with Crippen LogP contribution in [0, 0.1) is 5.92 Å². The fourth-order valence-electron chi connectivity index (χ4n) is 3.43. The molecular weight excluding hydrogens is 332 g/mol. The molecule has 5 heteroatoms. The van der Waals surface area contributed by atoms with E-state index in [2.05, 4.69) is 29.3 Å². The van der Waals surface area contributed by atoms with Gasteiger partial charge in [0.1, 0.15) is 0 Å². The third-order valence-electron chi connectivity index (χ3n) is 5.05. The summed E-state index contributed by atoms with van der Waals surface area (Å²) >= 11 is 4.63. The van der Waals surface area contributed by atoms with Crippen molar-refractivity contribution in [2.24, 2.45) is 13.0 Å². The topological polar surface area (TPSA) is 36.2 Å². The number of fused-ring (bicyclic) bond motifs is 1. The molecule has 1 aliphatic rings. The Morgan fingerprint density at radius 3 is 2.80 bits per heavy atom. The highest BCUT2D eigenvalue weighted by molar-refractivity contribution is 7.80. The molecule has 1 saturated carbocycles. The molecule has 0 bridgehead atoms. The highest BCUT2D eigenvalue weighted by Gasteiger charge is 2.22. The third-order valence-corrected chi connectivity index (χ3v) is 5.44. The standard InChI is InChI=1S/C20H22N2O2S/c1-21-12-14(10-18(24-2)20(21)23)17-11-15-16(4-3-5-19(15)25)22(17)9-8-13-6-7-13/h3-5,10-13,25H,6-9H2,1-2H3. The number of methoxy groups -OCH3 is 1. The molecule has 0 unspecified atom stereocenters. The summed E-state index contributed by atoms with van der Waals surface area (Å²) in [6.45, 7) is 0.978. The van der Waals surface area contributed by atoms with Crippen LogP contribution in [-0.2, 0) is 13.6 Å². The lowest BCUT2D eigenvalue weighted by Gasteiger charge is -2.13. The van der Waals surface area contributed by atoms with Crippen molar-refractivity contribution < 1.29 is 4.74 Å². The molecule has 0 radical (unpaired) electrons. The number of pyridine rings is 1. The van der Waals surface area contributed by atoms with Crippen LogP contribution >= 0.6 is 12.6 Å². The van der Waals surface area contributed by atoms with Crippen molar-refractivity contribution in [2.75, 3.05) is 7.11 Å². The normalized spacial score (nSPS) is 14.2. The molecule has 3 aromatic rings. The molecule has 1 aromatic carbocycles. The summed E-state index contributed by atoms with van der Waals surface area (Å²) in [5.41, 5.74) is 3.16. The molecule has 1 aliphatic carbocycles. The molecule has 0 aliphatic heterocycles. The lowest BCUT2D eigenvalue weighted by atomic mass is 10.2. The molecule has 0 spiro atoms. The highest BCUT2D eigenvalue weighted by Crippen LogP contribution is 2.36. The first-order chi connectivity index (χ1) is 12.1. The van der Waals surface area contributed by atoms with Crippen molar-refractivity contribution in [3.05, 3.63) is 46.9 Å². The minimum atomic E-state index is -0.123. The maximum absolute atomic E-state index is 12.1. The Labute approximate surface area is 152 Å². The van der Waals surface area contributed by atoms with Gasteiger partial charge in [0.05, 0.1) is 12.8 Å². The van der Waals surface area contributed by atoms with Gasteiger partial charge in [0.2, 0.25) is 0 Å². The molecule has 0 atom stereocenters. The van der Waals surface area contributed by atoms with E-state index in [9.17, 15) is 4.79 Å². The number of ether oxygens (including phenoxy) is 1. The van der Waals surface area contributed by atoms with Gasteiger partial charge in [0, 0.05) is 41.2 Å². The van der Waals surface area contributed by atoms with Gasteiger partial charge in [-0.25, -0.2) is 0 Å². The summed E-state index contributed by atoms with van der Waals surface area (Å²) in [6, 6.07) is 10.2. The van der Waals surface area contributed by atoms with Gasteiger partial charge in [-0.2, -0.15) is 0 Å². The van der Waals surface area contributed by atoms with Gasteiger partial charge in [-0.1, -0.05) is 18.9 Å². The van der Waals surface area contributed by atoms with E-state index in [1.54, 1.807) is 11.6 Å². The summed E-state index contributed by atoms with van der Waals surface area (Å²) in [5.74, 6) is 1.23. The van der Waals surface area contributed by atoms with Crippen LogP contribution in [0.3, 0.4) is 0 Å². The number of benzene rings is 1. The van der Waals surface area contributed by atoms with E-state index in [1.165, 1.54) is 31.9 Å². The van der Waals surface area contributed by atoms with Crippen molar-refractivity contribution in [1.29, 1.82) is 0 Å². The van der Waals surface area contributed by atoms with Gasteiger partial charge in [-0.15, -0.1) is 12.6 Å². The number of rotatable bonds is 5. The Bertz CT molecular complexity index is 999. The van der Waals surface area contributed by atoms with Crippen molar-refractivity contribution >= 4 is 23.5 Å². The molecular formula is C20H22N2O2S. The second-order valence-corrected chi connectivity index (χ2v) is 7.32. The fourth-order valence-corrected chi connectivity index (χ4v) is 3.70. The molecule has 0 amide bonds. The Hall–Kier alpha value is -2.14. The van der Waals surface area contributed by atoms with E-state index in [0.717, 1.165) is 34.0 Å². The molecule has 2 heterocycles. The number of hydrogen-bond acceptors (Lipinski definition) is 3. The average molecular weight is 354 g/mol. The van der Waals surface area contributed by atoms with E-state index >= 15 is 0 Å². The van der Waals surface area contributed by atoms with E-state index < -0.39 is 0 Å². The van der Waals surface area contributed by atoms with Gasteiger partial charge in [0.25, 0.3) is 5.56 Å².